The number of non-ortho nitro benzene ring substituents is 1. The van der Waals surface area contributed by atoms with Gasteiger partial charge in [0.1, 0.15) is 0 Å². The van der Waals surface area contributed by atoms with Crippen molar-refractivity contribution in [2.24, 2.45) is 0 Å². The molecule has 9 nitrogen and oxygen atoms in total. The number of rotatable bonds is 6. The van der Waals surface area contributed by atoms with E-state index < -0.39 is 20.9 Å². The predicted molar refractivity (Wildman–Crippen MR) is 103 cm³/mol. The topological polar surface area (TPSA) is 122 Å². The first kappa shape index (κ1) is 20.3. The number of carbonyl (C=O) groups excluding carboxylic acids is 1. The molecule has 2 aromatic rings. The van der Waals surface area contributed by atoms with Crippen molar-refractivity contribution in [3.05, 3.63) is 57.6 Å². The van der Waals surface area contributed by atoms with Crippen molar-refractivity contribution >= 4 is 33.0 Å². The van der Waals surface area contributed by atoms with E-state index >= 15 is 0 Å². The lowest BCUT2D eigenvalue weighted by atomic mass is 10.1. The average Bonchev–Trinajstić information content (AvgIpc) is 2.62. The standard InChI is InChI=1S/C17H20N4O5S/c1-11-5-7-13(27(25,26)20(3)4)10-16(11)19-17(22)14-9-12(21(23)24)6-8-15(14)18-2/h5-10,18H,1-4H3,(H,19,22). The molecule has 0 unspecified atom stereocenters. The molecule has 0 saturated carbocycles. The van der Waals surface area contributed by atoms with Gasteiger partial charge in [0.05, 0.1) is 15.4 Å². The van der Waals surface area contributed by atoms with Crippen LogP contribution in [0.4, 0.5) is 17.1 Å². The summed E-state index contributed by atoms with van der Waals surface area (Å²) in [6.45, 7) is 1.72. The molecule has 0 atom stereocenters. The highest BCUT2D eigenvalue weighted by Crippen LogP contribution is 2.26. The molecule has 2 rings (SSSR count). The van der Waals surface area contributed by atoms with E-state index in [1.165, 1.54) is 38.4 Å². The number of nitro groups is 1. The normalized spacial score (nSPS) is 11.3. The van der Waals surface area contributed by atoms with Crippen LogP contribution < -0.4 is 10.6 Å². The zero-order chi connectivity index (χ0) is 20.4. The summed E-state index contributed by atoms with van der Waals surface area (Å²) in [5, 5.41) is 16.4. The van der Waals surface area contributed by atoms with Crippen LogP contribution in [-0.2, 0) is 10.0 Å². The Balaban J connectivity index is 2.44. The number of nitrogens with zero attached hydrogens (tertiary/aromatic N) is 2. The number of amides is 1. The molecule has 2 aromatic carbocycles. The van der Waals surface area contributed by atoms with Crippen LogP contribution in [0, 0.1) is 17.0 Å². The Morgan fingerprint density at radius 2 is 1.78 bits per heavy atom. The number of anilines is 2. The zero-order valence-corrected chi connectivity index (χ0v) is 16.1. The van der Waals surface area contributed by atoms with E-state index in [2.05, 4.69) is 10.6 Å². The molecule has 0 spiro atoms. The first-order valence-corrected chi connectivity index (χ1v) is 9.32. The minimum atomic E-state index is -3.67. The summed E-state index contributed by atoms with van der Waals surface area (Å²) >= 11 is 0. The molecule has 0 aliphatic rings. The van der Waals surface area contributed by atoms with Gasteiger partial charge in [-0.25, -0.2) is 12.7 Å². The molecular weight excluding hydrogens is 372 g/mol. The van der Waals surface area contributed by atoms with Gasteiger partial charge in [-0.3, -0.25) is 14.9 Å². The zero-order valence-electron chi connectivity index (χ0n) is 15.3. The average molecular weight is 392 g/mol. The van der Waals surface area contributed by atoms with Crippen LogP contribution in [0.25, 0.3) is 0 Å². The van der Waals surface area contributed by atoms with Crippen molar-refractivity contribution < 1.29 is 18.1 Å². The van der Waals surface area contributed by atoms with Gasteiger partial charge >= 0.3 is 0 Å². The first-order chi connectivity index (χ1) is 12.6. The summed E-state index contributed by atoms with van der Waals surface area (Å²) in [7, 11) is 0.749. The number of hydrogen-bond donors (Lipinski definition) is 2. The largest absolute Gasteiger partial charge is 0.387 e. The van der Waals surface area contributed by atoms with Gasteiger partial charge in [0, 0.05) is 44.7 Å². The molecule has 0 fully saturated rings. The molecule has 2 N–H and O–H groups in total. The van der Waals surface area contributed by atoms with E-state index in [0.717, 1.165) is 10.4 Å². The van der Waals surface area contributed by atoms with Crippen molar-refractivity contribution in [2.75, 3.05) is 31.8 Å². The first-order valence-electron chi connectivity index (χ1n) is 7.88. The third-order valence-corrected chi connectivity index (χ3v) is 5.77. The SMILES string of the molecule is CNc1ccc([N+](=O)[O-])cc1C(=O)Nc1cc(S(=O)(=O)N(C)C)ccc1C. The Hall–Kier alpha value is -2.98. The van der Waals surface area contributed by atoms with Gasteiger partial charge in [-0.2, -0.15) is 0 Å². The molecule has 0 aromatic heterocycles. The maximum atomic E-state index is 12.7. The highest BCUT2D eigenvalue weighted by molar-refractivity contribution is 7.89. The van der Waals surface area contributed by atoms with Gasteiger partial charge < -0.3 is 10.6 Å². The molecule has 0 bridgehead atoms. The minimum absolute atomic E-state index is 0.0290. The van der Waals surface area contributed by atoms with E-state index in [-0.39, 0.29) is 16.1 Å². The highest BCUT2D eigenvalue weighted by atomic mass is 32.2. The number of sulfonamides is 1. The maximum absolute atomic E-state index is 12.7. The fourth-order valence-electron chi connectivity index (χ4n) is 2.35. The summed E-state index contributed by atoms with van der Waals surface area (Å²) in [4.78, 5) is 23.1. The van der Waals surface area contributed by atoms with Crippen molar-refractivity contribution in [1.82, 2.24) is 4.31 Å². The third-order valence-electron chi connectivity index (χ3n) is 3.96. The molecule has 0 saturated heterocycles. The summed E-state index contributed by atoms with van der Waals surface area (Å²) in [6, 6.07) is 8.28. The number of benzene rings is 2. The van der Waals surface area contributed by atoms with E-state index in [1.54, 1.807) is 20.0 Å². The molecule has 0 aliphatic carbocycles. The van der Waals surface area contributed by atoms with E-state index in [0.29, 0.717) is 16.9 Å². The van der Waals surface area contributed by atoms with Gasteiger partial charge in [0.2, 0.25) is 10.0 Å². The third kappa shape index (κ3) is 4.23. The summed E-state index contributed by atoms with van der Waals surface area (Å²) in [5.41, 5.74) is 1.22. The molecular formula is C17H20N4O5S. The Bertz CT molecular complexity index is 1000. The Kier molecular flexibility index (Phi) is 5.82. The molecule has 144 valence electrons. The molecule has 10 heteroatoms. The second kappa shape index (κ2) is 7.72. The second-order valence-electron chi connectivity index (χ2n) is 5.96. The van der Waals surface area contributed by atoms with Crippen LogP contribution in [0.3, 0.4) is 0 Å². The Morgan fingerprint density at radius 3 is 2.33 bits per heavy atom. The highest BCUT2D eigenvalue weighted by Gasteiger charge is 2.20. The summed E-state index contributed by atoms with van der Waals surface area (Å²) < 4.78 is 25.7. The Labute approximate surface area is 157 Å². The van der Waals surface area contributed by atoms with Crippen LogP contribution in [-0.4, -0.2) is 44.7 Å². The van der Waals surface area contributed by atoms with Crippen LogP contribution >= 0.6 is 0 Å². The number of nitrogens with one attached hydrogen (secondary N) is 2. The van der Waals surface area contributed by atoms with Crippen molar-refractivity contribution in [1.29, 1.82) is 0 Å². The van der Waals surface area contributed by atoms with Crippen LogP contribution in [0.1, 0.15) is 15.9 Å². The number of hydrogen-bond acceptors (Lipinski definition) is 6. The number of aryl methyl sites for hydroxylation is 1. The lowest BCUT2D eigenvalue weighted by Crippen LogP contribution is -2.22. The fourth-order valence-corrected chi connectivity index (χ4v) is 3.28. The number of nitro benzene ring substituents is 1. The molecule has 1 amide bonds. The number of carbonyl (C=O) groups is 1. The monoisotopic (exact) mass is 392 g/mol. The molecule has 0 aliphatic heterocycles. The summed E-state index contributed by atoms with van der Waals surface area (Å²) in [6.07, 6.45) is 0. The van der Waals surface area contributed by atoms with Crippen molar-refractivity contribution in [2.45, 2.75) is 11.8 Å². The van der Waals surface area contributed by atoms with Crippen molar-refractivity contribution in [3.8, 4) is 0 Å². The van der Waals surface area contributed by atoms with E-state index in [1.807, 2.05) is 0 Å². The quantitative estimate of drug-likeness (QED) is 0.575. The van der Waals surface area contributed by atoms with Gasteiger partial charge in [0.15, 0.2) is 0 Å². The van der Waals surface area contributed by atoms with Gasteiger partial charge in [-0.15, -0.1) is 0 Å². The lowest BCUT2D eigenvalue weighted by Gasteiger charge is -2.15. The van der Waals surface area contributed by atoms with Crippen molar-refractivity contribution in [3.63, 3.8) is 0 Å². The van der Waals surface area contributed by atoms with E-state index in [9.17, 15) is 23.3 Å². The van der Waals surface area contributed by atoms with Gasteiger partial charge in [-0.05, 0) is 30.7 Å². The predicted octanol–water partition coefficient (Wildman–Crippen LogP) is 2.45. The smallest absolute Gasteiger partial charge is 0.270 e. The molecule has 27 heavy (non-hydrogen) atoms. The second-order valence-corrected chi connectivity index (χ2v) is 8.11. The van der Waals surface area contributed by atoms with Crippen LogP contribution in [0.2, 0.25) is 0 Å². The molecule has 0 radical (unpaired) electrons. The fraction of sp³-hybridized carbons (Fsp3) is 0.235. The van der Waals surface area contributed by atoms with Crippen LogP contribution in [0.15, 0.2) is 41.3 Å². The maximum Gasteiger partial charge on any atom is 0.270 e. The summed E-state index contributed by atoms with van der Waals surface area (Å²) in [5.74, 6) is -0.592. The Morgan fingerprint density at radius 1 is 1.11 bits per heavy atom. The molecule has 0 heterocycles. The van der Waals surface area contributed by atoms with Crippen LogP contribution in [0.5, 0.6) is 0 Å². The van der Waals surface area contributed by atoms with E-state index in [4.69, 9.17) is 0 Å². The van der Waals surface area contributed by atoms with Gasteiger partial charge in [0.25, 0.3) is 11.6 Å². The minimum Gasteiger partial charge on any atom is -0.387 e. The lowest BCUT2D eigenvalue weighted by molar-refractivity contribution is -0.384. The van der Waals surface area contributed by atoms with Gasteiger partial charge in [-0.1, -0.05) is 6.07 Å².